The molecular formula is C21H25NO. The zero-order valence-corrected chi connectivity index (χ0v) is 13.7. The van der Waals surface area contributed by atoms with Crippen molar-refractivity contribution in [2.24, 2.45) is 5.41 Å². The van der Waals surface area contributed by atoms with E-state index in [2.05, 4.69) is 65.6 Å². The number of hydrogen-bond donors (Lipinski definition) is 0. The Hall–Kier alpha value is -1.93. The summed E-state index contributed by atoms with van der Waals surface area (Å²) in [5, 5.41) is 0. The fraction of sp³-hybridized carbons (Fsp3) is 0.381. The van der Waals surface area contributed by atoms with E-state index in [4.69, 9.17) is 0 Å². The molecule has 1 saturated carbocycles. The molecule has 2 aromatic carbocycles. The molecule has 1 aliphatic rings. The van der Waals surface area contributed by atoms with Crippen LogP contribution in [0.3, 0.4) is 0 Å². The maximum absolute atomic E-state index is 11.7. The third-order valence-electron chi connectivity index (χ3n) is 4.89. The van der Waals surface area contributed by atoms with Crippen molar-refractivity contribution in [3.8, 4) is 0 Å². The van der Waals surface area contributed by atoms with Crippen molar-refractivity contribution < 1.29 is 4.79 Å². The molecule has 1 fully saturated rings. The highest BCUT2D eigenvalue weighted by Gasteiger charge is 2.35. The summed E-state index contributed by atoms with van der Waals surface area (Å²) in [5.74, 6) is 0. The third-order valence-corrected chi connectivity index (χ3v) is 4.89. The number of hydrogen-bond acceptors (Lipinski definition) is 2. The molecule has 0 radical (unpaired) electrons. The molecule has 0 aromatic heterocycles. The maximum Gasteiger partial charge on any atom is 0.127 e. The minimum Gasteiger partial charge on any atom is -0.303 e. The molecule has 2 aromatic rings. The first-order valence-corrected chi connectivity index (χ1v) is 8.56. The lowest BCUT2D eigenvalue weighted by Crippen LogP contribution is -2.36. The monoisotopic (exact) mass is 307 g/mol. The zero-order chi connectivity index (χ0) is 16.0. The number of carbonyl (C=O) groups is 1. The average molecular weight is 307 g/mol. The first kappa shape index (κ1) is 15.9. The van der Waals surface area contributed by atoms with Crippen LogP contribution >= 0.6 is 0 Å². The van der Waals surface area contributed by atoms with E-state index < -0.39 is 0 Å². The topological polar surface area (TPSA) is 20.3 Å². The SMILES string of the molecule is O=CC1(CN(Cc2ccccc2)Cc2ccccc2)CCCC1. The van der Waals surface area contributed by atoms with E-state index in [-0.39, 0.29) is 5.41 Å². The molecule has 0 spiro atoms. The van der Waals surface area contributed by atoms with Crippen molar-refractivity contribution >= 4 is 6.29 Å². The van der Waals surface area contributed by atoms with Crippen LogP contribution in [0.25, 0.3) is 0 Å². The van der Waals surface area contributed by atoms with Crippen LogP contribution in [0.1, 0.15) is 36.8 Å². The largest absolute Gasteiger partial charge is 0.303 e. The van der Waals surface area contributed by atoms with Crippen molar-refractivity contribution in [3.63, 3.8) is 0 Å². The Balaban J connectivity index is 1.76. The van der Waals surface area contributed by atoms with Crippen molar-refractivity contribution in [2.75, 3.05) is 6.54 Å². The molecule has 23 heavy (non-hydrogen) atoms. The first-order valence-electron chi connectivity index (χ1n) is 8.56. The standard InChI is InChI=1S/C21H25NO/c23-18-21(13-7-8-14-21)17-22(15-19-9-3-1-4-10-19)16-20-11-5-2-6-12-20/h1-6,9-12,18H,7-8,13-17H2. The van der Waals surface area contributed by atoms with E-state index >= 15 is 0 Å². The number of nitrogens with zero attached hydrogens (tertiary/aromatic N) is 1. The van der Waals surface area contributed by atoms with E-state index in [0.29, 0.717) is 0 Å². The van der Waals surface area contributed by atoms with Gasteiger partial charge in [0.1, 0.15) is 6.29 Å². The molecule has 2 nitrogen and oxygen atoms in total. The second-order valence-electron chi connectivity index (χ2n) is 6.80. The number of benzene rings is 2. The van der Waals surface area contributed by atoms with E-state index in [1.807, 2.05) is 0 Å². The Labute approximate surface area is 139 Å². The van der Waals surface area contributed by atoms with Crippen LogP contribution < -0.4 is 0 Å². The number of rotatable bonds is 7. The zero-order valence-electron chi connectivity index (χ0n) is 13.7. The molecule has 0 amide bonds. The molecule has 0 N–H and O–H groups in total. The summed E-state index contributed by atoms with van der Waals surface area (Å²) in [6.45, 7) is 2.65. The second-order valence-corrected chi connectivity index (χ2v) is 6.80. The highest BCUT2D eigenvalue weighted by Crippen LogP contribution is 2.37. The van der Waals surface area contributed by atoms with Crippen molar-refractivity contribution in [3.05, 3.63) is 71.8 Å². The lowest BCUT2D eigenvalue weighted by atomic mass is 9.87. The lowest BCUT2D eigenvalue weighted by Gasteiger charge is -2.31. The van der Waals surface area contributed by atoms with E-state index in [0.717, 1.165) is 32.5 Å². The van der Waals surface area contributed by atoms with Crippen LogP contribution in [0.5, 0.6) is 0 Å². The van der Waals surface area contributed by atoms with E-state index in [9.17, 15) is 4.79 Å². The summed E-state index contributed by atoms with van der Waals surface area (Å²) in [7, 11) is 0. The Morgan fingerprint density at radius 1 is 0.826 bits per heavy atom. The van der Waals surface area contributed by atoms with Crippen LogP contribution in [0.2, 0.25) is 0 Å². The van der Waals surface area contributed by atoms with Crippen LogP contribution in [0.15, 0.2) is 60.7 Å². The van der Waals surface area contributed by atoms with E-state index in [1.165, 1.54) is 30.3 Å². The van der Waals surface area contributed by atoms with Gasteiger partial charge in [-0.05, 0) is 24.0 Å². The summed E-state index contributed by atoms with van der Waals surface area (Å²) in [4.78, 5) is 14.2. The van der Waals surface area contributed by atoms with Gasteiger partial charge in [-0.15, -0.1) is 0 Å². The molecule has 0 atom stereocenters. The summed E-state index contributed by atoms with van der Waals surface area (Å²) < 4.78 is 0. The molecule has 0 aliphatic heterocycles. The third kappa shape index (κ3) is 4.29. The maximum atomic E-state index is 11.7. The van der Waals surface area contributed by atoms with Crippen LogP contribution in [0.4, 0.5) is 0 Å². The predicted octanol–water partition coefficient (Wildman–Crippen LogP) is 4.45. The summed E-state index contributed by atoms with van der Waals surface area (Å²) in [5.41, 5.74) is 2.48. The predicted molar refractivity (Wildman–Crippen MR) is 94.0 cm³/mol. The van der Waals surface area contributed by atoms with Gasteiger partial charge in [-0.1, -0.05) is 73.5 Å². The Morgan fingerprint density at radius 2 is 1.30 bits per heavy atom. The lowest BCUT2D eigenvalue weighted by molar-refractivity contribution is -0.117. The van der Waals surface area contributed by atoms with Gasteiger partial charge >= 0.3 is 0 Å². The first-order chi connectivity index (χ1) is 11.3. The van der Waals surface area contributed by atoms with Crippen LogP contribution in [-0.2, 0) is 17.9 Å². The van der Waals surface area contributed by atoms with Gasteiger partial charge < -0.3 is 4.79 Å². The fourth-order valence-corrected chi connectivity index (χ4v) is 3.69. The summed E-state index contributed by atoms with van der Waals surface area (Å²) >= 11 is 0. The van der Waals surface area contributed by atoms with Crippen LogP contribution in [-0.4, -0.2) is 17.7 Å². The molecule has 2 heteroatoms. The highest BCUT2D eigenvalue weighted by molar-refractivity contribution is 5.60. The quantitative estimate of drug-likeness (QED) is 0.704. The molecule has 0 unspecified atom stereocenters. The average Bonchev–Trinajstić information content (AvgIpc) is 3.06. The van der Waals surface area contributed by atoms with Gasteiger partial charge in [-0.3, -0.25) is 4.90 Å². The highest BCUT2D eigenvalue weighted by atomic mass is 16.1. The molecule has 0 bridgehead atoms. The minimum atomic E-state index is -0.135. The van der Waals surface area contributed by atoms with Crippen molar-refractivity contribution in [1.82, 2.24) is 4.90 Å². The number of aldehydes is 1. The van der Waals surface area contributed by atoms with Gasteiger partial charge in [0, 0.05) is 25.0 Å². The van der Waals surface area contributed by atoms with Gasteiger partial charge in [0.25, 0.3) is 0 Å². The van der Waals surface area contributed by atoms with Gasteiger partial charge in [0.15, 0.2) is 0 Å². The molecule has 0 saturated heterocycles. The summed E-state index contributed by atoms with van der Waals surface area (Å²) in [6.07, 6.45) is 5.67. The fourth-order valence-electron chi connectivity index (χ4n) is 3.69. The molecule has 1 aliphatic carbocycles. The normalized spacial score (nSPS) is 16.6. The van der Waals surface area contributed by atoms with Crippen LogP contribution in [0, 0.1) is 5.41 Å². The smallest absolute Gasteiger partial charge is 0.127 e. The van der Waals surface area contributed by atoms with Gasteiger partial charge in [0.2, 0.25) is 0 Å². The van der Waals surface area contributed by atoms with Gasteiger partial charge in [-0.25, -0.2) is 0 Å². The van der Waals surface area contributed by atoms with Gasteiger partial charge in [0.05, 0.1) is 0 Å². The molecule has 0 heterocycles. The minimum absolute atomic E-state index is 0.135. The molecule has 3 rings (SSSR count). The van der Waals surface area contributed by atoms with E-state index in [1.54, 1.807) is 0 Å². The summed E-state index contributed by atoms with van der Waals surface area (Å²) in [6, 6.07) is 21.1. The number of carbonyl (C=O) groups excluding carboxylic acids is 1. The van der Waals surface area contributed by atoms with Gasteiger partial charge in [-0.2, -0.15) is 0 Å². The Kier molecular flexibility index (Phi) is 5.24. The second kappa shape index (κ2) is 7.56. The molecular weight excluding hydrogens is 282 g/mol. The molecule has 120 valence electrons. The Morgan fingerprint density at radius 3 is 1.74 bits per heavy atom. The Bertz CT molecular complexity index is 561. The van der Waals surface area contributed by atoms with Crippen molar-refractivity contribution in [1.29, 1.82) is 0 Å². The van der Waals surface area contributed by atoms with Crippen molar-refractivity contribution in [2.45, 2.75) is 38.8 Å².